The molecule has 2 atom stereocenters. The molecular weight excluding hydrogens is 472 g/mol. The van der Waals surface area contributed by atoms with E-state index in [0.717, 1.165) is 29.8 Å². The van der Waals surface area contributed by atoms with E-state index >= 15 is 0 Å². The number of Topliss-reactive ketones (excluding diaryl/α,β-unsaturated/α-hetero) is 1. The Morgan fingerprint density at radius 2 is 1.76 bits per heavy atom. The second-order valence-corrected chi connectivity index (χ2v) is 10.5. The minimum absolute atomic E-state index is 0.0488. The first-order chi connectivity index (χ1) is 17.5. The molecule has 0 bridgehead atoms. The predicted molar refractivity (Wildman–Crippen MR) is 139 cm³/mol. The molecule has 0 spiro atoms. The number of ketones is 1. The second kappa shape index (κ2) is 10.7. The standard InChI is InChI=1S/C27H34N6O4/c1-16-14-21(31-30-16)17-10-12-18(13-11-17)24(34)19-8-6-7-9-20(19)25(35)29-22-15-28-33(5)23(22)26(36)32-37-27(2,3)4/h10-15,19-20H,6-9H2,1-5H3,(H,29,35)(H,30,31)(H,32,36). The average molecular weight is 507 g/mol. The van der Waals surface area contributed by atoms with Gasteiger partial charge in [-0.25, -0.2) is 5.48 Å². The monoisotopic (exact) mass is 506 g/mol. The Morgan fingerprint density at radius 1 is 1.08 bits per heavy atom. The van der Waals surface area contributed by atoms with Crippen molar-refractivity contribution in [3.63, 3.8) is 0 Å². The molecule has 1 aliphatic carbocycles. The van der Waals surface area contributed by atoms with Gasteiger partial charge in [0.05, 0.1) is 23.2 Å². The van der Waals surface area contributed by atoms with Crippen LogP contribution in [0.1, 0.15) is 73.0 Å². The predicted octanol–water partition coefficient (Wildman–Crippen LogP) is 4.21. The summed E-state index contributed by atoms with van der Waals surface area (Å²) >= 11 is 0. The molecule has 0 radical (unpaired) electrons. The maximum Gasteiger partial charge on any atom is 0.295 e. The third kappa shape index (κ3) is 6.14. The summed E-state index contributed by atoms with van der Waals surface area (Å²) in [6.45, 7) is 7.37. The van der Waals surface area contributed by atoms with E-state index in [1.807, 2.05) is 45.9 Å². The van der Waals surface area contributed by atoms with Crippen LogP contribution >= 0.6 is 0 Å². The van der Waals surface area contributed by atoms with Gasteiger partial charge in [0.25, 0.3) is 5.91 Å². The number of rotatable bonds is 7. The molecule has 196 valence electrons. The van der Waals surface area contributed by atoms with Gasteiger partial charge in [0, 0.05) is 35.7 Å². The molecule has 1 aromatic carbocycles. The van der Waals surface area contributed by atoms with E-state index in [-0.39, 0.29) is 23.1 Å². The molecule has 2 amide bonds. The van der Waals surface area contributed by atoms with Crippen LogP contribution in [-0.4, -0.2) is 43.2 Å². The summed E-state index contributed by atoms with van der Waals surface area (Å²) in [6, 6.07) is 9.29. The molecule has 4 rings (SSSR count). The fourth-order valence-corrected chi connectivity index (χ4v) is 4.62. The number of amides is 2. The van der Waals surface area contributed by atoms with E-state index in [1.54, 1.807) is 19.2 Å². The fourth-order valence-electron chi connectivity index (χ4n) is 4.62. The van der Waals surface area contributed by atoms with Gasteiger partial charge in [-0.1, -0.05) is 37.1 Å². The third-order valence-corrected chi connectivity index (χ3v) is 6.47. The summed E-state index contributed by atoms with van der Waals surface area (Å²) in [5, 5.41) is 14.2. The molecule has 1 fully saturated rings. The molecule has 3 aromatic rings. The zero-order chi connectivity index (χ0) is 26.7. The van der Waals surface area contributed by atoms with Gasteiger partial charge in [-0.3, -0.25) is 29.0 Å². The minimum atomic E-state index is -0.581. The number of aryl methyl sites for hydroxylation is 2. The zero-order valence-electron chi connectivity index (χ0n) is 21.9. The molecule has 0 saturated heterocycles. The van der Waals surface area contributed by atoms with Gasteiger partial charge in [-0.05, 0) is 46.6 Å². The van der Waals surface area contributed by atoms with Crippen LogP contribution in [0.4, 0.5) is 5.69 Å². The van der Waals surface area contributed by atoms with E-state index in [0.29, 0.717) is 18.4 Å². The van der Waals surface area contributed by atoms with Crippen molar-refractivity contribution in [1.82, 2.24) is 25.5 Å². The molecular formula is C27H34N6O4. The summed E-state index contributed by atoms with van der Waals surface area (Å²) in [7, 11) is 1.61. The normalized spacial score (nSPS) is 17.9. The van der Waals surface area contributed by atoms with Crippen LogP contribution in [-0.2, 0) is 16.7 Å². The lowest BCUT2D eigenvalue weighted by molar-refractivity contribution is -0.122. The van der Waals surface area contributed by atoms with Gasteiger partial charge in [0.2, 0.25) is 5.91 Å². The van der Waals surface area contributed by atoms with E-state index in [4.69, 9.17) is 4.84 Å². The Hall–Kier alpha value is -3.79. The number of anilines is 1. The van der Waals surface area contributed by atoms with Crippen LogP contribution in [0.2, 0.25) is 0 Å². The molecule has 1 saturated carbocycles. The molecule has 2 heterocycles. The molecule has 1 aliphatic rings. The first-order valence-corrected chi connectivity index (χ1v) is 12.5. The zero-order valence-corrected chi connectivity index (χ0v) is 21.9. The van der Waals surface area contributed by atoms with Crippen molar-refractivity contribution in [1.29, 1.82) is 0 Å². The smallest absolute Gasteiger partial charge is 0.295 e. The Kier molecular flexibility index (Phi) is 7.58. The van der Waals surface area contributed by atoms with Crippen molar-refractivity contribution < 1.29 is 19.2 Å². The number of aromatic nitrogens is 4. The van der Waals surface area contributed by atoms with Gasteiger partial charge in [0.1, 0.15) is 0 Å². The van der Waals surface area contributed by atoms with E-state index in [2.05, 4.69) is 26.1 Å². The summed E-state index contributed by atoms with van der Waals surface area (Å²) in [5.41, 5.74) is 5.54. The maximum atomic E-state index is 13.5. The van der Waals surface area contributed by atoms with Crippen LogP contribution in [0.5, 0.6) is 0 Å². The highest BCUT2D eigenvalue weighted by Gasteiger charge is 2.37. The summed E-state index contributed by atoms with van der Waals surface area (Å²) in [4.78, 5) is 45.0. The molecule has 2 aromatic heterocycles. The van der Waals surface area contributed by atoms with Crippen molar-refractivity contribution in [3.8, 4) is 11.3 Å². The lowest BCUT2D eigenvalue weighted by atomic mass is 9.75. The molecule has 10 nitrogen and oxygen atoms in total. The van der Waals surface area contributed by atoms with Crippen molar-refractivity contribution in [2.45, 2.75) is 59.0 Å². The lowest BCUT2D eigenvalue weighted by Crippen LogP contribution is -2.37. The van der Waals surface area contributed by atoms with Crippen LogP contribution in [0, 0.1) is 18.8 Å². The number of hydrogen-bond acceptors (Lipinski definition) is 6. The number of hydroxylamine groups is 1. The number of nitrogens with zero attached hydrogens (tertiary/aromatic N) is 3. The number of carbonyl (C=O) groups is 3. The quantitative estimate of drug-likeness (QED) is 0.325. The average Bonchev–Trinajstić information content (AvgIpc) is 3.47. The highest BCUT2D eigenvalue weighted by Crippen LogP contribution is 2.34. The minimum Gasteiger partial charge on any atom is -0.322 e. The number of aromatic amines is 1. The van der Waals surface area contributed by atoms with Gasteiger partial charge in [0.15, 0.2) is 11.5 Å². The Balaban J connectivity index is 1.48. The lowest BCUT2D eigenvalue weighted by Gasteiger charge is -2.29. The topological polar surface area (TPSA) is 131 Å². The third-order valence-electron chi connectivity index (χ3n) is 6.47. The maximum absolute atomic E-state index is 13.5. The first-order valence-electron chi connectivity index (χ1n) is 12.5. The molecule has 10 heteroatoms. The number of benzene rings is 1. The van der Waals surface area contributed by atoms with Gasteiger partial charge in [-0.2, -0.15) is 10.2 Å². The van der Waals surface area contributed by atoms with Crippen LogP contribution in [0.15, 0.2) is 36.5 Å². The Morgan fingerprint density at radius 3 is 2.38 bits per heavy atom. The second-order valence-electron chi connectivity index (χ2n) is 10.5. The highest BCUT2D eigenvalue weighted by atomic mass is 16.7. The molecule has 0 aliphatic heterocycles. The van der Waals surface area contributed by atoms with Gasteiger partial charge < -0.3 is 5.32 Å². The van der Waals surface area contributed by atoms with Crippen LogP contribution in [0.25, 0.3) is 11.3 Å². The number of hydrogen-bond donors (Lipinski definition) is 3. The van der Waals surface area contributed by atoms with E-state index < -0.39 is 23.3 Å². The van der Waals surface area contributed by atoms with Crippen molar-refractivity contribution >= 4 is 23.3 Å². The largest absolute Gasteiger partial charge is 0.322 e. The van der Waals surface area contributed by atoms with Crippen molar-refractivity contribution in [2.75, 3.05) is 5.32 Å². The van der Waals surface area contributed by atoms with E-state index in [1.165, 1.54) is 10.9 Å². The summed E-state index contributed by atoms with van der Waals surface area (Å²) in [5.74, 6) is -1.80. The van der Waals surface area contributed by atoms with Crippen LogP contribution in [0.3, 0.4) is 0 Å². The SMILES string of the molecule is Cc1cc(-c2ccc(C(=O)C3CCCCC3C(=O)Nc3cnn(C)c3C(=O)NOC(C)(C)C)cc2)n[nH]1. The summed E-state index contributed by atoms with van der Waals surface area (Å²) < 4.78 is 1.38. The summed E-state index contributed by atoms with van der Waals surface area (Å²) in [6.07, 6.45) is 4.41. The van der Waals surface area contributed by atoms with Crippen molar-refractivity contribution in [3.05, 3.63) is 53.5 Å². The Bertz CT molecular complexity index is 1280. The van der Waals surface area contributed by atoms with Gasteiger partial charge >= 0.3 is 0 Å². The fraction of sp³-hybridized carbons (Fsp3) is 0.444. The van der Waals surface area contributed by atoms with E-state index in [9.17, 15) is 14.4 Å². The molecule has 37 heavy (non-hydrogen) atoms. The first kappa shape index (κ1) is 26.3. The molecule has 2 unspecified atom stereocenters. The van der Waals surface area contributed by atoms with Crippen LogP contribution < -0.4 is 10.8 Å². The van der Waals surface area contributed by atoms with Crippen molar-refractivity contribution in [2.24, 2.45) is 18.9 Å². The number of nitrogens with one attached hydrogen (secondary N) is 3. The Labute approximate surface area is 216 Å². The van der Waals surface area contributed by atoms with Gasteiger partial charge in [-0.15, -0.1) is 0 Å². The number of H-pyrrole nitrogens is 1. The molecule has 3 N–H and O–H groups in total. The highest BCUT2D eigenvalue weighted by molar-refractivity contribution is 6.05. The number of carbonyl (C=O) groups excluding carboxylic acids is 3.